The van der Waals surface area contributed by atoms with E-state index in [1.54, 1.807) is 0 Å². The highest BCUT2D eigenvalue weighted by Crippen LogP contribution is 2.49. The summed E-state index contributed by atoms with van der Waals surface area (Å²) >= 11 is 0. The van der Waals surface area contributed by atoms with Crippen molar-refractivity contribution >= 4 is 15.9 Å². The second kappa shape index (κ2) is 9.25. The number of amides is 1. The molecule has 1 aliphatic heterocycles. The van der Waals surface area contributed by atoms with Gasteiger partial charge in [-0.05, 0) is 42.2 Å². The Morgan fingerprint density at radius 1 is 0.889 bits per heavy atom. The number of nitrogens with zero attached hydrogens (tertiary/aromatic N) is 2. The summed E-state index contributed by atoms with van der Waals surface area (Å²) in [6.07, 6.45) is -8.74. The molecule has 0 aromatic heterocycles. The first kappa shape index (κ1) is 26.3. The van der Waals surface area contributed by atoms with Crippen LogP contribution in [0.25, 0.3) is 0 Å². The second-order valence-electron chi connectivity index (χ2n) is 8.69. The van der Waals surface area contributed by atoms with Crippen LogP contribution < -0.4 is 4.74 Å². The summed E-state index contributed by atoms with van der Waals surface area (Å²) in [6.45, 7) is -0.122. The number of carbonyl (C=O) groups is 1. The van der Waals surface area contributed by atoms with Gasteiger partial charge < -0.3 is 9.64 Å². The van der Waals surface area contributed by atoms with E-state index < -0.39 is 44.3 Å². The highest BCUT2D eigenvalue weighted by atomic mass is 32.2. The lowest BCUT2D eigenvalue weighted by molar-refractivity contribution is -0.138. The van der Waals surface area contributed by atoms with E-state index in [1.165, 1.54) is 17.0 Å². The van der Waals surface area contributed by atoms with Gasteiger partial charge in [-0.25, -0.2) is 8.42 Å². The minimum atomic E-state index is -4.77. The largest absolute Gasteiger partial charge is 0.497 e. The van der Waals surface area contributed by atoms with Crippen LogP contribution in [0.3, 0.4) is 0 Å². The lowest BCUT2D eigenvalue weighted by atomic mass is 10.1. The summed E-state index contributed by atoms with van der Waals surface area (Å²) in [5.74, 6) is -1.09. The fraction of sp³-hybridized carbons (Fsp3) is 0.435. The topological polar surface area (TPSA) is 66.9 Å². The monoisotopic (exact) mass is 536 g/mol. The predicted octanol–water partition coefficient (Wildman–Crippen LogP) is 4.37. The number of rotatable bonds is 5. The minimum Gasteiger partial charge on any atom is -0.497 e. The van der Waals surface area contributed by atoms with Crippen molar-refractivity contribution in [3.05, 3.63) is 59.2 Å². The number of ether oxygens (including phenoxy) is 1. The Morgan fingerprint density at radius 2 is 1.47 bits per heavy atom. The fourth-order valence-corrected chi connectivity index (χ4v) is 5.77. The Kier molecular flexibility index (Phi) is 6.75. The normalized spacial score (nSPS) is 21.4. The molecular formula is C23H22F6N2O4S. The number of alkyl halides is 6. The molecule has 196 valence electrons. The van der Waals surface area contributed by atoms with Gasteiger partial charge in [-0.15, -0.1) is 0 Å². The number of methoxy groups -OCH3 is 1. The molecule has 0 spiro atoms. The molecule has 0 N–H and O–H groups in total. The maximum absolute atomic E-state index is 13.2. The fourth-order valence-electron chi connectivity index (χ4n) is 4.29. The molecule has 1 heterocycles. The summed E-state index contributed by atoms with van der Waals surface area (Å²) in [4.78, 5) is 13.8. The third-order valence-electron chi connectivity index (χ3n) is 6.40. The van der Waals surface area contributed by atoms with Crippen molar-refractivity contribution in [1.29, 1.82) is 0 Å². The smallest absolute Gasteiger partial charge is 0.416 e. The average Bonchev–Trinajstić information content (AvgIpc) is 3.63. The molecule has 4 rings (SSSR count). The molecule has 2 aromatic rings. The summed E-state index contributed by atoms with van der Waals surface area (Å²) in [5, 5.41) is 0. The summed E-state index contributed by atoms with van der Waals surface area (Å²) < 4.78 is 110. The van der Waals surface area contributed by atoms with Crippen LogP contribution in [0.15, 0.2) is 47.4 Å². The molecule has 2 aliphatic rings. The van der Waals surface area contributed by atoms with E-state index in [0.29, 0.717) is 24.1 Å². The van der Waals surface area contributed by atoms with Crippen molar-refractivity contribution in [2.75, 3.05) is 33.3 Å². The van der Waals surface area contributed by atoms with Gasteiger partial charge in [-0.2, -0.15) is 30.6 Å². The van der Waals surface area contributed by atoms with Gasteiger partial charge >= 0.3 is 12.4 Å². The zero-order valence-corrected chi connectivity index (χ0v) is 19.8. The van der Waals surface area contributed by atoms with Crippen LogP contribution in [0.5, 0.6) is 5.75 Å². The van der Waals surface area contributed by atoms with Gasteiger partial charge in [0, 0.05) is 38.2 Å². The Balaban J connectivity index is 1.40. The number of carbonyl (C=O) groups excluding carboxylic acids is 1. The Morgan fingerprint density at radius 3 is 2.00 bits per heavy atom. The molecule has 0 bridgehead atoms. The Hall–Kier alpha value is -2.80. The van der Waals surface area contributed by atoms with Crippen LogP contribution in [0.2, 0.25) is 0 Å². The van der Waals surface area contributed by atoms with Crippen LogP contribution in [-0.4, -0.2) is 56.8 Å². The number of hydrogen-bond donors (Lipinski definition) is 0. The van der Waals surface area contributed by atoms with Crippen molar-refractivity contribution in [1.82, 2.24) is 9.21 Å². The van der Waals surface area contributed by atoms with E-state index in [0.717, 1.165) is 29.6 Å². The molecule has 2 atom stereocenters. The van der Waals surface area contributed by atoms with Crippen molar-refractivity contribution in [3.63, 3.8) is 0 Å². The average molecular weight is 536 g/mol. The van der Waals surface area contributed by atoms with Gasteiger partial charge in [0.25, 0.3) is 0 Å². The van der Waals surface area contributed by atoms with E-state index in [4.69, 9.17) is 4.74 Å². The van der Waals surface area contributed by atoms with E-state index >= 15 is 0 Å². The van der Waals surface area contributed by atoms with Crippen LogP contribution in [0.1, 0.15) is 29.0 Å². The zero-order valence-electron chi connectivity index (χ0n) is 18.9. The summed E-state index contributed by atoms with van der Waals surface area (Å²) in [5.41, 5.74) is -1.30. The quantitative estimate of drug-likeness (QED) is 0.533. The molecule has 1 saturated carbocycles. The molecule has 6 nitrogen and oxygen atoms in total. The number of hydrogen-bond acceptors (Lipinski definition) is 4. The van der Waals surface area contributed by atoms with Crippen LogP contribution in [0.4, 0.5) is 26.3 Å². The molecule has 1 aliphatic carbocycles. The molecule has 13 heteroatoms. The summed E-state index contributed by atoms with van der Waals surface area (Å²) in [7, 11) is -3.15. The zero-order chi connectivity index (χ0) is 26.5. The molecule has 2 aromatic carbocycles. The van der Waals surface area contributed by atoms with E-state index in [-0.39, 0.29) is 43.8 Å². The first-order valence-electron chi connectivity index (χ1n) is 10.9. The highest BCUT2D eigenvalue weighted by molar-refractivity contribution is 7.89. The summed E-state index contributed by atoms with van der Waals surface area (Å²) in [6, 6.07) is 6.93. The van der Waals surface area contributed by atoms with Crippen molar-refractivity contribution < 1.29 is 44.3 Å². The molecular weight excluding hydrogens is 514 g/mol. The molecule has 36 heavy (non-hydrogen) atoms. The van der Waals surface area contributed by atoms with Crippen LogP contribution >= 0.6 is 0 Å². The third kappa shape index (κ3) is 5.31. The minimum absolute atomic E-state index is 0.0460. The van der Waals surface area contributed by atoms with Crippen molar-refractivity contribution in [3.8, 4) is 5.75 Å². The molecule has 2 fully saturated rings. The number of piperazine rings is 1. The molecule has 1 saturated heterocycles. The first-order valence-corrected chi connectivity index (χ1v) is 12.4. The van der Waals surface area contributed by atoms with Crippen LogP contribution in [-0.2, 0) is 27.2 Å². The van der Waals surface area contributed by atoms with Crippen molar-refractivity contribution in [2.24, 2.45) is 5.92 Å². The lowest BCUT2D eigenvalue weighted by Crippen LogP contribution is -2.51. The second-order valence-corrected chi connectivity index (χ2v) is 10.6. The van der Waals surface area contributed by atoms with Crippen LogP contribution in [0, 0.1) is 5.92 Å². The Labute approximate surface area is 203 Å². The molecule has 0 unspecified atom stereocenters. The van der Waals surface area contributed by atoms with Gasteiger partial charge in [0.1, 0.15) is 5.75 Å². The van der Waals surface area contributed by atoms with Gasteiger partial charge in [-0.1, -0.05) is 12.1 Å². The standard InChI is InChI=1S/C23H22F6N2O4S/c1-35-17-10-16(23(27,28)29)11-18(12-17)36(33,34)31-8-6-30(7-9-31)21(32)20-13-19(20)14-2-4-15(5-3-14)22(24,25)26/h2-5,10-12,19-20H,6-9,13H2,1H3/t19-,20+/m0/s1. The number of halogens is 6. The lowest BCUT2D eigenvalue weighted by Gasteiger charge is -2.34. The van der Waals surface area contributed by atoms with E-state index in [2.05, 4.69) is 0 Å². The maximum atomic E-state index is 13.2. The highest BCUT2D eigenvalue weighted by Gasteiger charge is 2.47. The van der Waals surface area contributed by atoms with E-state index in [1.807, 2.05) is 0 Å². The van der Waals surface area contributed by atoms with E-state index in [9.17, 15) is 39.6 Å². The van der Waals surface area contributed by atoms with Gasteiger partial charge in [0.15, 0.2) is 0 Å². The third-order valence-corrected chi connectivity index (χ3v) is 8.28. The number of benzene rings is 2. The van der Waals surface area contributed by atoms with Gasteiger partial charge in [0.2, 0.25) is 15.9 Å². The first-order chi connectivity index (χ1) is 16.7. The predicted molar refractivity (Wildman–Crippen MR) is 116 cm³/mol. The Bertz CT molecular complexity index is 1240. The maximum Gasteiger partial charge on any atom is 0.416 e. The van der Waals surface area contributed by atoms with Crippen molar-refractivity contribution in [2.45, 2.75) is 29.6 Å². The van der Waals surface area contributed by atoms with Gasteiger partial charge in [-0.3, -0.25) is 4.79 Å². The SMILES string of the molecule is COc1cc(C(F)(F)F)cc(S(=O)(=O)N2CCN(C(=O)[C@@H]3C[C@H]3c3ccc(C(F)(F)F)cc3)CC2)c1. The molecule has 1 amide bonds. The molecule has 0 radical (unpaired) electrons. The number of sulfonamides is 1. The van der Waals surface area contributed by atoms with Gasteiger partial charge in [0.05, 0.1) is 23.1 Å².